The lowest BCUT2D eigenvalue weighted by Crippen LogP contribution is -2.20. The van der Waals surface area contributed by atoms with Gasteiger partial charge in [0.2, 0.25) is 5.13 Å². The number of benzene rings is 3. The van der Waals surface area contributed by atoms with Gasteiger partial charge in [-0.25, -0.2) is 4.98 Å². The third kappa shape index (κ3) is 6.43. The summed E-state index contributed by atoms with van der Waals surface area (Å²) in [5, 5.41) is 9.72. The highest BCUT2D eigenvalue weighted by Gasteiger charge is 2.09. The van der Waals surface area contributed by atoms with Gasteiger partial charge in [0.25, 0.3) is 5.91 Å². The van der Waals surface area contributed by atoms with Crippen LogP contribution >= 0.6 is 27.3 Å². The zero-order valence-electron chi connectivity index (χ0n) is 18.2. The number of hydrazone groups is 1. The van der Waals surface area contributed by atoms with Gasteiger partial charge < -0.3 is 14.8 Å². The number of anilines is 2. The summed E-state index contributed by atoms with van der Waals surface area (Å²) in [4.78, 5) is 16.7. The number of rotatable bonds is 9. The summed E-state index contributed by atoms with van der Waals surface area (Å²) < 4.78 is 12.0. The van der Waals surface area contributed by atoms with Crippen molar-refractivity contribution in [2.24, 2.45) is 5.10 Å². The van der Waals surface area contributed by atoms with E-state index in [9.17, 15) is 4.79 Å². The molecule has 1 aromatic heterocycles. The number of hydrogen-bond donors (Lipinski definition) is 2. The molecular weight excluding hydrogens is 516 g/mol. The van der Waals surface area contributed by atoms with Gasteiger partial charge in [0.15, 0.2) is 18.1 Å². The molecule has 0 fully saturated rings. The third-order valence-electron chi connectivity index (χ3n) is 4.62. The normalized spacial score (nSPS) is 10.8. The summed E-state index contributed by atoms with van der Waals surface area (Å²) in [7, 11) is 1.55. The van der Waals surface area contributed by atoms with Crippen LogP contribution in [0.4, 0.5) is 10.8 Å². The molecule has 7 nitrogen and oxygen atoms in total. The molecule has 34 heavy (non-hydrogen) atoms. The van der Waals surface area contributed by atoms with Crippen molar-refractivity contribution in [2.45, 2.75) is 0 Å². The first kappa shape index (κ1) is 23.5. The first-order valence-corrected chi connectivity index (χ1v) is 11.9. The van der Waals surface area contributed by atoms with Gasteiger partial charge in [-0.1, -0.05) is 46.3 Å². The molecule has 0 saturated heterocycles. The second kappa shape index (κ2) is 11.4. The molecule has 2 N–H and O–H groups in total. The molecule has 0 saturated carbocycles. The highest BCUT2D eigenvalue weighted by molar-refractivity contribution is 9.10. The van der Waals surface area contributed by atoms with E-state index in [1.807, 2.05) is 53.9 Å². The maximum Gasteiger partial charge on any atom is 0.262 e. The fraction of sp³-hybridized carbons (Fsp3) is 0.0800. The van der Waals surface area contributed by atoms with Gasteiger partial charge >= 0.3 is 0 Å². The second-order valence-electron chi connectivity index (χ2n) is 7.03. The molecule has 0 radical (unpaired) electrons. The molecule has 0 spiro atoms. The first-order chi connectivity index (χ1) is 16.6. The van der Waals surface area contributed by atoms with Gasteiger partial charge in [-0.15, -0.1) is 11.3 Å². The van der Waals surface area contributed by atoms with E-state index in [0.717, 1.165) is 21.3 Å². The van der Waals surface area contributed by atoms with Crippen molar-refractivity contribution in [3.63, 3.8) is 0 Å². The summed E-state index contributed by atoms with van der Waals surface area (Å²) in [6.07, 6.45) is 1.66. The molecular formula is C25H21BrN4O3S. The Bertz CT molecular complexity index is 1280. The van der Waals surface area contributed by atoms with Crippen LogP contribution in [-0.2, 0) is 4.79 Å². The van der Waals surface area contributed by atoms with Gasteiger partial charge in [0.05, 0.1) is 19.0 Å². The van der Waals surface area contributed by atoms with Gasteiger partial charge in [-0.05, 0) is 48.0 Å². The molecule has 3 aromatic carbocycles. The molecule has 0 unspecified atom stereocenters. The van der Waals surface area contributed by atoms with E-state index in [0.29, 0.717) is 22.3 Å². The highest BCUT2D eigenvalue weighted by atomic mass is 79.9. The molecule has 0 atom stereocenters. The monoisotopic (exact) mass is 536 g/mol. The smallest absolute Gasteiger partial charge is 0.262 e. The van der Waals surface area contributed by atoms with Crippen LogP contribution in [0.3, 0.4) is 0 Å². The van der Waals surface area contributed by atoms with Crippen molar-refractivity contribution < 1.29 is 14.3 Å². The van der Waals surface area contributed by atoms with E-state index in [2.05, 4.69) is 36.8 Å². The number of thiazole rings is 1. The van der Waals surface area contributed by atoms with E-state index in [1.165, 1.54) is 11.3 Å². The number of ether oxygens (including phenoxy) is 2. The SMILES string of the molecule is COc1cc(C=NNc2nc(-c3ccccc3)cs2)ccc1OCC(=O)Nc1ccc(Br)cc1. The van der Waals surface area contributed by atoms with Crippen LogP contribution in [0.1, 0.15) is 5.56 Å². The van der Waals surface area contributed by atoms with Crippen LogP contribution in [0.5, 0.6) is 11.5 Å². The number of hydrogen-bond acceptors (Lipinski definition) is 7. The fourth-order valence-corrected chi connectivity index (χ4v) is 3.92. The van der Waals surface area contributed by atoms with Crippen LogP contribution in [0.15, 0.2) is 87.8 Å². The maximum absolute atomic E-state index is 12.2. The molecule has 0 aliphatic rings. The number of halogens is 1. The zero-order chi connectivity index (χ0) is 23.8. The van der Waals surface area contributed by atoms with Gasteiger partial charge in [-0.2, -0.15) is 5.10 Å². The Kier molecular flexibility index (Phi) is 7.90. The predicted molar refractivity (Wildman–Crippen MR) is 140 cm³/mol. The summed E-state index contributed by atoms with van der Waals surface area (Å²) in [5.74, 6) is 0.699. The predicted octanol–water partition coefficient (Wildman–Crippen LogP) is 6.04. The number of carbonyl (C=O) groups excluding carboxylic acids is 1. The molecule has 0 bridgehead atoms. The van der Waals surface area contributed by atoms with Gasteiger partial charge in [0, 0.05) is 21.1 Å². The number of carbonyl (C=O) groups is 1. The number of nitrogens with one attached hydrogen (secondary N) is 2. The summed E-state index contributed by atoms with van der Waals surface area (Å²) >= 11 is 4.84. The Balaban J connectivity index is 1.32. The van der Waals surface area contributed by atoms with Crippen LogP contribution in [0.2, 0.25) is 0 Å². The molecule has 0 aliphatic heterocycles. The average molecular weight is 537 g/mol. The van der Waals surface area contributed by atoms with Gasteiger partial charge in [0.1, 0.15) is 0 Å². The van der Waals surface area contributed by atoms with Crippen molar-refractivity contribution in [1.29, 1.82) is 0 Å². The average Bonchev–Trinajstić information content (AvgIpc) is 3.34. The van der Waals surface area contributed by atoms with Crippen LogP contribution in [0, 0.1) is 0 Å². The molecule has 4 rings (SSSR count). The van der Waals surface area contributed by atoms with Crippen LogP contribution < -0.4 is 20.2 Å². The maximum atomic E-state index is 12.2. The Labute approximate surface area is 209 Å². The lowest BCUT2D eigenvalue weighted by Gasteiger charge is -2.11. The number of amides is 1. The largest absolute Gasteiger partial charge is 0.493 e. The lowest BCUT2D eigenvalue weighted by molar-refractivity contribution is -0.118. The Hall–Kier alpha value is -3.69. The van der Waals surface area contributed by atoms with Gasteiger partial charge in [-0.3, -0.25) is 10.2 Å². The molecule has 1 heterocycles. The minimum Gasteiger partial charge on any atom is -0.493 e. The van der Waals surface area contributed by atoms with Crippen LogP contribution in [0.25, 0.3) is 11.3 Å². The van der Waals surface area contributed by atoms with Crippen molar-refractivity contribution in [2.75, 3.05) is 24.5 Å². The number of aromatic nitrogens is 1. The van der Waals surface area contributed by atoms with E-state index in [1.54, 1.807) is 37.6 Å². The zero-order valence-corrected chi connectivity index (χ0v) is 20.6. The topological polar surface area (TPSA) is 84.8 Å². The fourth-order valence-electron chi connectivity index (χ4n) is 2.99. The van der Waals surface area contributed by atoms with Crippen molar-refractivity contribution >= 4 is 50.2 Å². The molecule has 4 aromatic rings. The minimum absolute atomic E-state index is 0.144. The first-order valence-electron chi connectivity index (χ1n) is 10.3. The van der Waals surface area contributed by atoms with E-state index in [4.69, 9.17) is 9.47 Å². The van der Waals surface area contributed by atoms with E-state index >= 15 is 0 Å². The highest BCUT2D eigenvalue weighted by Crippen LogP contribution is 2.28. The molecule has 0 aliphatic carbocycles. The van der Waals surface area contributed by atoms with Crippen molar-refractivity contribution in [3.05, 3.63) is 88.2 Å². The van der Waals surface area contributed by atoms with Crippen molar-refractivity contribution in [1.82, 2.24) is 4.98 Å². The van der Waals surface area contributed by atoms with Crippen LogP contribution in [-0.4, -0.2) is 30.8 Å². The third-order valence-corrected chi connectivity index (χ3v) is 5.90. The molecule has 1 amide bonds. The van der Waals surface area contributed by atoms with Crippen molar-refractivity contribution in [3.8, 4) is 22.8 Å². The second-order valence-corrected chi connectivity index (χ2v) is 8.80. The quantitative estimate of drug-likeness (QED) is 0.201. The standard InChI is InChI=1S/C25H21BrN4O3S/c1-32-23-13-17(14-27-30-25-29-21(16-34-25)18-5-3-2-4-6-18)7-12-22(23)33-15-24(31)28-20-10-8-19(26)9-11-20/h2-14,16H,15H2,1H3,(H,28,31)(H,29,30). The molecule has 172 valence electrons. The Morgan fingerprint density at radius 2 is 1.88 bits per heavy atom. The van der Waals surface area contributed by atoms with E-state index in [-0.39, 0.29) is 12.5 Å². The Morgan fingerprint density at radius 3 is 2.65 bits per heavy atom. The molecule has 9 heteroatoms. The Morgan fingerprint density at radius 1 is 1.09 bits per heavy atom. The summed E-state index contributed by atoms with van der Waals surface area (Å²) in [5.41, 5.74) is 6.40. The summed E-state index contributed by atoms with van der Waals surface area (Å²) in [6, 6.07) is 22.6. The number of nitrogens with zero attached hydrogens (tertiary/aromatic N) is 2. The number of methoxy groups -OCH3 is 1. The van der Waals surface area contributed by atoms with E-state index < -0.39 is 0 Å². The minimum atomic E-state index is -0.266. The summed E-state index contributed by atoms with van der Waals surface area (Å²) in [6.45, 7) is -0.144. The lowest BCUT2D eigenvalue weighted by atomic mass is 10.2.